The summed E-state index contributed by atoms with van der Waals surface area (Å²) in [5.41, 5.74) is 4.94. The third-order valence-corrected chi connectivity index (χ3v) is 3.75. The first-order chi connectivity index (χ1) is 9.42. The van der Waals surface area contributed by atoms with Crippen LogP contribution in [0.1, 0.15) is 17.5 Å². The topological polar surface area (TPSA) is 53.6 Å². The van der Waals surface area contributed by atoms with E-state index in [0.29, 0.717) is 0 Å². The van der Waals surface area contributed by atoms with Crippen LogP contribution in [0.3, 0.4) is 0 Å². The van der Waals surface area contributed by atoms with Gasteiger partial charge in [0, 0.05) is 11.9 Å². The van der Waals surface area contributed by atoms with Gasteiger partial charge in [-0.1, -0.05) is 12.1 Å². The molecule has 19 heavy (non-hydrogen) atoms. The molecule has 0 bridgehead atoms. The summed E-state index contributed by atoms with van der Waals surface area (Å²) in [6.45, 7) is 0. The van der Waals surface area contributed by atoms with Gasteiger partial charge in [-0.15, -0.1) is 0 Å². The molecule has 0 aliphatic heterocycles. The van der Waals surface area contributed by atoms with E-state index in [9.17, 15) is 0 Å². The molecule has 94 valence electrons. The van der Waals surface area contributed by atoms with Gasteiger partial charge in [0.25, 0.3) is 0 Å². The van der Waals surface area contributed by atoms with Crippen molar-refractivity contribution in [1.29, 1.82) is 0 Å². The molecule has 4 heteroatoms. The van der Waals surface area contributed by atoms with Crippen LogP contribution in [0.5, 0.6) is 0 Å². The van der Waals surface area contributed by atoms with Crippen LogP contribution < -0.4 is 5.32 Å². The fourth-order valence-electron chi connectivity index (χ4n) is 2.84. The Balaban J connectivity index is 1.80. The summed E-state index contributed by atoms with van der Waals surface area (Å²) in [4.78, 5) is 11.7. The highest BCUT2D eigenvalue weighted by molar-refractivity contribution is 5.89. The highest BCUT2D eigenvalue weighted by atomic mass is 15.0. The van der Waals surface area contributed by atoms with Crippen molar-refractivity contribution in [2.24, 2.45) is 0 Å². The van der Waals surface area contributed by atoms with Crippen molar-refractivity contribution in [3.8, 4) is 0 Å². The van der Waals surface area contributed by atoms with E-state index in [1.54, 1.807) is 6.33 Å². The second kappa shape index (κ2) is 4.09. The molecule has 1 aromatic carbocycles. The summed E-state index contributed by atoms with van der Waals surface area (Å²) in [5.74, 6) is 0.867. The summed E-state index contributed by atoms with van der Waals surface area (Å²) < 4.78 is 0. The number of aryl methyl sites for hydroxylation is 1. The first-order valence-electron chi connectivity index (χ1n) is 6.58. The third-order valence-electron chi connectivity index (χ3n) is 3.75. The Bertz CT molecular complexity index is 745. The number of hydrogen-bond donors (Lipinski definition) is 2. The lowest BCUT2D eigenvalue weighted by atomic mass is 10.1. The Kier molecular flexibility index (Phi) is 2.27. The van der Waals surface area contributed by atoms with Crippen molar-refractivity contribution in [1.82, 2.24) is 15.0 Å². The van der Waals surface area contributed by atoms with E-state index in [1.807, 2.05) is 12.3 Å². The number of rotatable bonds is 2. The lowest BCUT2D eigenvalue weighted by Crippen LogP contribution is -1.98. The Morgan fingerprint density at radius 3 is 3.11 bits per heavy atom. The predicted molar refractivity (Wildman–Crippen MR) is 75.6 cm³/mol. The fraction of sp³-hybridized carbons (Fsp3) is 0.200. The van der Waals surface area contributed by atoms with Crippen LogP contribution in [0.4, 0.5) is 11.5 Å². The largest absolute Gasteiger partial charge is 0.346 e. The lowest BCUT2D eigenvalue weighted by molar-refractivity contribution is 0.912. The van der Waals surface area contributed by atoms with Crippen LogP contribution in [0.25, 0.3) is 11.0 Å². The smallest absolute Gasteiger partial charge is 0.143 e. The number of nitrogens with zero attached hydrogens (tertiary/aromatic N) is 2. The molecule has 2 heterocycles. The molecule has 3 aromatic rings. The van der Waals surface area contributed by atoms with E-state index in [-0.39, 0.29) is 0 Å². The van der Waals surface area contributed by atoms with Gasteiger partial charge in [-0.3, -0.25) is 0 Å². The van der Waals surface area contributed by atoms with Crippen molar-refractivity contribution >= 4 is 22.5 Å². The lowest BCUT2D eigenvalue weighted by Gasteiger charge is -2.11. The molecule has 4 rings (SSSR count). The second-order valence-corrected chi connectivity index (χ2v) is 4.88. The van der Waals surface area contributed by atoms with Gasteiger partial charge in [0.05, 0.1) is 5.39 Å². The van der Waals surface area contributed by atoms with Gasteiger partial charge in [0.2, 0.25) is 0 Å². The molecule has 0 unspecified atom stereocenters. The zero-order valence-electron chi connectivity index (χ0n) is 10.5. The highest BCUT2D eigenvalue weighted by Gasteiger charge is 2.15. The number of fused-ring (bicyclic) bond motifs is 2. The molecule has 0 saturated carbocycles. The van der Waals surface area contributed by atoms with Crippen LogP contribution in [0.15, 0.2) is 36.8 Å². The molecule has 2 N–H and O–H groups in total. The van der Waals surface area contributed by atoms with E-state index >= 15 is 0 Å². The van der Waals surface area contributed by atoms with Gasteiger partial charge >= 0.3 is 0 Å². The maximum Gasteiger partial charge on any atom is 0.143 e. The minimum absolute atomic E-state index is 0.866. The van der Waals surface area contributed by atoms with Crippen molar-refractivity contribution in [2.75, 3.05) is 5.32 Å². The van der Waals surface area contributed by atoms with E-state index in [0.717, 1.165) is 23.3 Å². The van der Waals surface area contributed by atoms with E-state index in [1.165, 1.54) is 29.7 Å². The number of benzene rings is 1. The number of nitrogens with one attached hydrogen (secondary N) is 2. The summed E-state index contributed by atoms with van der Waals surface area (Å²) in [6, 6.07) is 8.47. The first-order valence-corrected chi connectivity index (χ1v) is 6.58. The Morgan fingerprint density at radius 2 is 2.11 bits per heavy atom. The van der Waals surface area contributed by atoms with Crippen molar-refractivity contribution in [3.05, 3.63) is 47.9 Å². The van der Waals surface area contributed by atoms with Crippen LogP contribution in [-0.4, -0.2) is 15.0 Å². The summed E-state index contributed by atoms with van der Waals surface area (Å²) >= 11 is 0. The number of H-pyrrole nitrogens is 1. The number of hydrogen-bond acceptors (Lipinski definition) is 3. The van der Waals surface area contributed by atoms with E-state index < -0.39 is 0 Å². The number of aromatic nitrogens is 3. The Labute approximate surface area is 110 Å². The molecule has 2 aromatic heterocycles. The number of anilines is 2. The van der Waals surface area contributed by atoms with Crippen LogP contribution in [0, 0.1) is 0 Å². The SMILES string of the molecule is c1cc2c(c(Nc3ncnc4[nH]ccc34)c1)CCC2. The third kappa shape index (κ3) is 1.68. The average Bonchev–Trinajstić information content (AvgIpc) is 3.08. The Hall–Kier alpha value is -2.36. The molecular weight excluding hydrogens is 236 g/mol. The molecule has 0 spiro atoms. The van der Waals surface area contributed by atoms with Crippen molar-refractivity contribution in [3.63, 3.8) is 0 Å². The van der Waals surface area contributed by atoms with Gasteiger partial charge in [-0.25, -0.2) is 9.97 Å². The standard InChI is InChI=1S/C15H14N4/c1-3-10-4-2-6-13(11(10)5-1)19-15-12-7-8-16-14(12)17-9-18-15/h2,4,6-9H,1,3,5H2,(H2,16,17,18,19). The molecule has 1 aliphatic rings. The van der Waals surface area contributed by atoms with Gasteiger partial charge in [0.1, 0.15) is 17.8 Å². The van der Waals surface area contributed by atoms with Crippen LogP contribution >= 0.6 is 0 Å². The van der Waals surface area contributed by atoms with Crippen LogP contribution in [0.2, 0.25) is 0 Å². The average molecular weight is 250 g/mol. The Morgan fingerprint density at radius 1 is 1.11 bits per heavy atom. The monoisotopic (exact) mass is 250 g/mol. The fourth-order valence-corrected chi connectivity index (χ4v) is 2.84. The first kappa shape index (κ1) is 10.6. The maximum absolute atomic E-state index is 4.36. The van der Waals surface area contributed by atoms with Gasteiger partial charge in [-0.05, 0) is 42.5 Å². The molecule has 0 atom stereocenters. The summed E-state index contributed by atoms with van der Waals surface area (Å²) in [6.07, 6.45) is 7.07. The second-order valence-electron chi connectivity index (χ2n) is 4.88. The van der Waals surface area contributed by atoms with E-state index in [2.05, 4.69) is 38.5 Å². The van der Waals surface area contributed by atoms with Crippen molar-refractivity contribution in [2.45, 2.75) is 19.3 Å². The minimum atomic E-state index is 0.866. The van der Waals surface area contributed by atoms with E-state index in [4.69, 9.17) is 0 Å². The summed E-state index contributed by atoms with van der Waals surface area (Å²) in [7, 11) is 0. The molecule has 0 radical (unpaired) electrons. The van der Waals surface area contributed by atoms with Crippen LogP contribution in [-0.2, 0) is 12.8 Å². The number of aromatic amines is 1. The molecule has 0 saturated heterocycles. The van der Waals surface area contributed by atoms with Gasteiger partial charge < -0.3 is 10.3 Å². The highest BCUT2D eigenvalue weighted by Crippen LogP contribution is 2.31. The molecule has 1 aliphatic carbocycles. The van der Waals surface area contributed by atoms with Gasteiger partial charge in [-0.2, -0.15) is 0 Å². The molecule has 4 nitrogen and oxygen atoms in total. The predicted octanol–water partition coefficient (Wildman–Crippen LogP) is 3.19. The van der Waals surface area contributed by atoms with Gasteiger partial charge in [0.15, 0.2) is 0 Å². The van der Waals surface area contributed by atoms with Crippen molar-refractivity contribution < 1.29 is 0 Å². The molecule has 0 amide bonds. The normalized spacial score (nSPS) is 13.7. The zero-order chi connectivity index (χ0) is 12.7. The molecule has 0 fully saturated rings. The zero-order valence-corrected chi connectivity index (χ0v) is 10.5. The molecular formula is C15H14N4. The quantitative estimate of drug-likeness (QED) is 0.734. The summed E-state index contributed by atoms with van der Waals surface area (Å²) in [5, 5.41) is 4.49. The maximum atomic E-state index is 4.36. The minimum Gasteiger partial charge on any atom is -0.346 e.